The predicted octanol–water partition coefficient (Wildman–Crippen LogP) is -4.78. The number of para-hydroxylation sites is 1. The van der Waals surface area contributed by atoms with Crippen LogP contribution >= 0.6 is 0 Å². The molecule has 11 amide bonds. The summed E-state index contributed by atoms with van der Waals surface area (Å²) < 4.78 is 11.8. The van der Waals surface area contributed by atoms with Gasteiger partial charge in [-0.2, -0.15) is 0 Å². The van der Waals surface area contributed by atoms with Gasteiger partial charge in [0, 0.05) is 133 Å². The Morgan fingerprint density at radius 1 is 0.588 bits per heavy atom. The first-order chi connectivity index (χ1) is 54.8. The molecular weight excluding hydrogens is 1480 g/mol. The second-order valence-corrected chi connectivity index (χ2v) is 28.8. The summed E-state index contributed by atoms with van der Waals surface area (Å²) in [5.41, 5.74) is 25.0. The number of piperidine rings is 1. The molecule has 3 fully saturated rings. The third-order valence-electron chi connectivity index (χ3n) is 19.7. The van der Waals surface area contributed by atoms with Gasteiger partial charge in [0.2, 0.25) is 65.0 Å². The number of likely N-dealkylation sites (tertiary alicyclic amines) is 1. The van der Waals surface area contributed by atoms with Crippen LogP contribution in [0.2, 0.25) is 0 Å². The van der Waals surface area contributed by atoms with Crippen LogP contribution < -0.4 is 70.8 Å². The quantitative estimate of drug-likeness (QED) is 0.0144. The molecule has 2 aromatic heterocycles. The lowest BCUT2D eigenvalue weighted by Crippen LogP contribution is -2.61. The minimum atomic E-state index is -1.70. The number of aliphatic carboxylic acids is 2. The van der Waals surface area contributed by atoms with Crippen molar-refractivity contribution < 1.29 is 82.0 Å². The lowest BCUT2D eigenvalue weighted by Gasteiger charge is -2.33. The summed E-state index contributed by atoms with van der Waals surface area (Å²) >= 11 is 0. The Kier molecular flexibility index (Phi) is 38.4. The summed E-state index contributed by atoms with van der Waals surface area (Å²) in [6.07, 6.45) is 5.72. The Morgan fingerprint density at radius 2 is 1.14 bits per heavy atom. The average molecular weight is 1600 g/mol. The highest BCUT2D eigenvalue weighted by Crippen LogP contribution is 2.21. The fraction of sp³-hybridized carbons (Fsp3) is 0.587. The van der Waals surface area contributed by atoms with E-state index >= 15 is 4.79 Å². The maximum Gasteiger partial charge on any atom is 0.317 e. The Morgan fingerprint density at radius 3 is 1.74 bits per heavy atom. The number of fused-ring (bicyclic) bond motifs is 1. The molecule has 0 radical (unpaired) electrons. The van der Waals surface area contributed by atoms with Gasteiger partial charge in [-0.05, 0) is 68.6 Å². The van der Waals surface area contributed by atoms with Crippen LogP contribution in [0, 0.1) is 0 Å². The highest BCUT2D eigenvalue weighted by atomic mass is 16.5. The molecule has 5 heterocycles. The molecule has 0 aliphatic carbocycles. The summed E-state index contributed by atoms with van der Waals surface area (Å²) in [6.45, 7) is 4.72. The van der Waals surface area contributed by atoms with E-state index in [2.05, 4.69) is 67.8 Å². The van der Waals surface area contributed by atoms with E-state index in [-0.39, 0.29) is 181 Å². The number of guanidine groups is 1. The molecule has 0 spiro atoms. The number of carboxylic acid groups (broad SMARTS) is 2. The van der Waals surface area contributed by atoms with E-state index in [1.807, 2.05) is 41.0 Å². The van der Waals surface area contributed by atoms with Gasteiger partial charge in [-0.3, -0.25) is 91.8 Å². The molecule has 0 saturated carbocycles. The molecule has 3 aliphatic rings. The molecule has 0 unspecified atom stereocenters. The second-order valence-electron chi connectivity index (χ2n) is 28.8. The number of aromatic amines is 2. The molecular formula is C75H114N22O17. The topological polar surface area (TPSA) is 566 Å². The summed E-state index contributed by atoms with van der Waals surface area (Å²) in [5.74, 6) is -10.5. The van der Waals surface area contributed by atoms with Gasteiger partial charge in [0.05, 0.1) is 71.9 Å². The largest absolute Gasteiger partial charge is 0.480 e. The number of unbranched alkanes of at least 4 members (excludes halogenated alkanes) is 1. The highest BCUT2D eigenvalue weighted by molar-refractivity contribution is 5.99. The maximum absolute atomic E-state index is 15.0. The van der Waals surface area contributed by atoms with Crippen LogP contribution in [0.5, 0.6) is 0 Å². The summed E-state index contributed by atoms with van der Waals surface area (Å²) in [7, 11) is 0. The summed E-state index contributed by atoms with van der Waals surface area (Å²) in [4.78, 5) is 203. The number of hydrogen-bond acceptors (Lipinski definition) is 22. The van der Waals surface area contributed by atoms with E-state index in [1.165, 1.54) is 12.5 Å². The van der Waals surface area contributed by atoms with Crippen LogP contribution in [0.1, 0.15) is 94.4 Å². The Bertz CT molecular complexity index is 3820. The van der Waals surface area contributed by atoms with Crippen LogP contribution in [0.15, 0.2) is 78.3 Å². The molecule has 114 heavy (non-hydrogen) atoms. The first kappa shape index (κ1) is 90.5. The van der Waals surface area contributed by atoms with Crippen molar-refractivity contribution in [1.82, 2.24) is 87.3 Å². The molecule has 7 rings (SSSR count). The van der Waals surface area contributed by atoms with Crippen LogP contribution in [-0.2, 0) is 91.1 Å². The number of rotatable bonds is 28. The van der Waals surface area contributed by atoms with Crippen molar-refractivity contribution in [3.8, 4) is 0 Å². The van der Waals surface area contributed by atoms with Gasteiger partial charge in [0.15, 0.2) is 5.96 Å². The van der Waals surface area contributed by atoms with E-state index in [4.69, 9.17) is 32.4 Å². The molecule has 2 aromatic carbocycles. The van der Waals surface area contributed by atoms with Gasteiger partial charge in [0.1, 0.15) is 42.3 Å². The van der Waals surface area contributed by atoms with Crippen molar-refractivity contribution in [2.24, 2.45) is 27.9 Å². The fourth-order valence-electron chi connectivity index (χ4n) is 13.5. The molecule has 39 nitrogen and oxygen atoms in total. The van der Waals surface area contributed by atoms with E-state index in [9.17, 15) is 67.7 Å². The Balaban J connectivity index is 1.05. The molecule has 3 saturated heterocycles. The number of amides is 11. The lowest BCUT2D eigenvalue weighted by molar-refractivity contribution is -0.139. The number of aliphatic imine (C=N–C) groups is 1. The highest BCUT2D eigenvalue weighted by Gasteiger charge is 2.37. The minimum absolute atomic E-state index is 0.0134. The summed E-state index contributed by atoms with van der Waals surface area (Å²) in [5, 5.41) is 45.3. The SMILES string of the molecule is CCCC[C@H](NC(=O)CN1CCC(NC(=O)CN2CCOCCN(CC(=O)O)CCN(CC(N)=O)CCOCCN(CC(=O)O)CC2)CC1)C(=O)N[C@H]1CC(=O)NCCCC[C@@H](C(N)=O)NC(=O)[C@H](Cc2c[nH]c3ccccc23)NC(=O)[C@H](CCCN=C(N)N)NC(=O)[C@@H](Cc2ccccc2)NC(=O)[C@H](Cc2cnc[nH]2)NC1=O. The number of nitrogens with zero attached hydrogens (tertiary/aromatic N) is 7. The number of benzene rings is 2. The van der Waals surface area contributed by atoms with E-state index in [1.54, 1.807) is 51.2 Å². The van der Waals surface area contributed by atoms with Crippen molar-refractivity contribution in [2.75, 3.05) is 138 Å². The Hall–Kier alpha value is -10.7. The molecule has 4 aromatic rings. The van der Waals surface area contributed by atoms with Gasteiger partial charge >= 0.3 is 11.9 Å². The lowest BCUT2D eigenvalue weighted by atomic mass is 10.0. The number of aromatic nitrogens is 3. The number of carbonyl (C=O) groups excluding carboxylic acids is 11. The zero-order chi connectivity index (χ0) is 82.3. The van der Waals surface area contributed by atoms with Gasteiger partial charge < -0.3 is 100 Å². The first-order valence-electron chi connectivity index (χ1n) is 38.8. The van der Waals surface area contributed by atoms with Crippen LogP contribution in [0.4, 0.5) is 0 Å². The molecule has 21 N–H and O–H groups in total. The first-order valence-corrected chi connectivity index (χ1v) is 38.8. The van der Waals surface area contributed by atoms with Crippen LogP contribution in [0.25, 0.3) is 10.9 Å². The van der Waals surface area contributed by atoms with Crippen LogP contribution in [0.3, 0.4) is 0 Å². The monoisotopic (exact) mass is 1590 g/mol. The number of primary amides is 2. The fourth-order valence-corrected chi connectivity index (χ4v) is 13.5. The zero-order valence-electron chi connectivity index (χ0n) is 64.8. The number of ether oxygens (including phenoxy) is 2. The number of nitrogens with one attached hydrogen (secondary N) is 11. The van der Waals surface area contributed by atoms with Crippen molar-refractivity contribution >= 4 is 93.8 Å². The number of hydrogen-bond donors (Lipinski definition) is 17. The van der Waals surface area contributed by atoms with Gasteiger partial charge in [-0.25, -0.2) is 4.98 Å². The van der Waals surface area contributed by atoms with Crippen molar-refractivity contribution in [3.05, 3.63) is 90.1 Å². The standard InChI is InChI=1S/C75H114N22O17/c1-2-3-15-56(86-65(101)45-93-23-19-51(20-24-93)85-64(100)44-95-26-28-97(47-67(104)105)32-35-113-33-29-94(43-62(76)98)25-27-96(46-66(102)103)31-36-114-34-30-95)69(107)92-61-40-63(99)81-21-10-9-17-55(68(77)106)87-72(110)59(38-50-41-83-54-16-8-7-14-53(50)54)90-70(108)57(18-11-22-82-75(78)79)88-71(109)58(37-49-12-5-4-6-13-49)89-73(111)60(91-74(61)112)39-52-42-80-48-84-52/h4-8,12-14,16,41-42,48,51,55-61,83H,2-3,9-11,15,17-40,43-47H2,1H3,(H2,76,98)(H2,77,106)(H,80,84)(H,81,99)(H,85,100)(H,86,101)(H,87,110)(H,88,109)(H,89,111)(H,90,108)(H,91,112)(H,92,107)(H,102,103)(H,104,105)(H4,78,79,82)/t55-,56-,57-,58+,59-,60-,61-/m0/s1. The number of carbonyl (C=O) groups is 13. The van der Waals surface area contributed by atoms with E-state index in [0.29, 0.717) is 75.2 Å². The summed E-state index contributed by atoms with van der Waals surface area (Å²) in [6, 6.07) is 5.61. The molecule has 0 bridgehead atoms. The van der Waals surface area contributed by atoms with Crippen molar-refractivity contribution in [1.29, 1.82) is 0 Å². The smallest absolute Gasteiger partial charge is 0.317 e. The molecule has 3 aliphatic heterocycles. The van der Waals surface area contributed by atoms with Gasteiger partial charge in [-0.1, -0.05) is 68.3 Å². The third kappa shape index (κ3) is 33.2. The van der Waals surface area contributed by atoms with Crippen molar-refractivity contribution in [3.63, 3.8) is 0 Å². The normalized spacial score (nSPS) is 21.8. The number of nitrogens with two attached hydrogens (primary N) is 4. The average Bonchev–Trinajstić information content (AvgIpc) is 1.64. The minimum Gasteiger partial charge on any atom is -0.480 e. The second kappa shape index (κ2) is 48.4. The number of imidazole rings is 1. The molecule has 7 atom stereocenters. The van der Waals surface area contributed by atoms with Gasteiger partial charge in [0.25, 0.3) is 0 Å². The predicted molar refractivity (Wildman–Crippen MR) is 418 cm³/mol. The van der Waals surface area contributed by atoms with Crippen LogP contribution in [-0.4, -0.2) is 319 Å². The van der Waals surface area contributed by atoms with Gasteiger partial charge in [-0.15, -0.1) is 0 Å². The number of H-pyrrole nitrogens is 2. The van der Waals surface area contributed by atoms with Crippen molar-refractivity contribution in [2.45, 2.75) is 145 Å². The third-order valence-corrected chi connectivity index (χ3v) is 19.7. The van der Waals surface area contributed by atoms with E-state index < -0.39 is 120 Å². The number of carboxylic acids is 2. The Labute approximate surface area is 661 Å². The van der Waals surface area contributed by atoms with E-state index in [0.717, 1.165) is 10.9 Å². The zero-order valence-corrected chi connectivity index (χ0v) is 64.8. The maximum atomic E-state index is 15.0. The molecule has 39 heteroatoms. The molecule has 626 valence electrons.